The monoisotopic (exact) mass is 484 g/mol. The SMILES string of the molecule is CC(C)N(C)c1cccc(NC(=O)c2cc(OCCN3CCOCC3)nc(N3CCOCC3)n2)c1. The lowest BCUT2D eigenvalue weighted by Gasteiger charge is -2.28. The molecule has 10 nitrogen and oxygen atoms in total. The normalized spacial score (nSPS) is 16.9. The van der Waals surface area contributed by atoms with Crippen LogP contribution in [0, 0.1) is 0 Å². The molecule has 0 saturated carbocycles. The Morgan fingerprint density at radius 1 is 1.09 bits per heavy atom. The zero-order valence-corrected chi connectivity index (χ0v) is 20.9. The molecule has 0 spiro atoms. The molecule has 3 heterocycles. The Labute approximate surface area is 207 Å². The smallest absolute Gasteiger partial charge is 0.274 e. The van der Waals surface area contributed by atoms with Gasteiger partial charge in [0.25, 0.3) is 5.91 Å². The Bertz CT molecular complexity index is 976. The highest BCUT2D eigenvalue weighted by Crippen LogP contribution is 2.22. The number of benzene rings is 1. The Kier molecular flexibility index (Phi) is 8.73. The highest BCUT2D eigenvalue weighted by Gasteiger charge is 2.20. The summed E-state index contributed by atoms with van der Waals surface area (Å²) in [6, 6.07) is 9.75. The molecule has 0 aliphatic carbocycles. The molecule has 2 saturated heterocycles. The topological polar surface area (TPSA) is 92.3 Å². The van der Waals surface area contributed by atoms with E-state index in [0.29, 0.717) is 56.5 Å². The number of anilines is 3. The first-order valence-electron chi connectivity index (χ1n) is 12.3. The number of ether oxygens (including phenoxy) is 3. The van der Waals surface area contributed by atoms with Crippen LogP contribution in [0.4, 0.5) is 17.3 Å². The molecule has 0 unspecified atom stereocenters. The number of carbonyl (C=O) groups excluding carboxylic acids is 1. The fraction of sp³-hybridized carbons (Fsp3) is 0.560. The van der Waals surface area contributed by atoms with Crippen molar-refractivity contribution in [3.05, 3.63) is 36.0 Å². The fourth-order valence-electron chi connectivity index (χ4n) is 3.91. The number of hydrogen-bond donors (Lipinski definition) is 1. The third kappa shape index (κ3) is 7.03. The van der Waals surface area contributed by atoms with Crippen LogP contribution in [0.15, 0.2) is 30.3 Å². The minimum Gasteiger partial charge on any atom is -0.476 e. The quantitative estimate of drug-likeness (QED) is 0.575. The van der Waals surface area contributed by atoms with Crippen molar-refractivity contribution in [2.75, 3.05) is 87.9 Å². The highest BCUT2D eigenvalue weighted by molar-refractivity contribution is 6.03. The predicted molar refractivity (Wildman–Crippen MR) is 136 cm³/mol. The van der Waals surface area contributed by atoms with E-state index in [4.69, 9.17) is 14.2 Å². The Hall–Kier alpha value is -2.95. The number of nitrogens with zero attached hydrogens (tertiary/aromatic N) is 5. The summed E-state index contributed by atoms with van der Waals surface area (Å²) in [5.41, 5.74) is 2.01. The largest absolute Gasteiger partial charge is 0.476 e. The van der Waals surface area contributed by atoms with E-state index in [1.807, 2.05) is 36.2 Å². The maximum Gasteiger partial charge on any atom is 0.274 e. The van der Waals surface area contributed by atoms with Crippen molar-refractivity contribution in [2.24, 2.45) is 0 Å². The van der Waals surface area contributed by atoms with Gasteiger partial charge in [-0.2, -0.15) is 4.98 Å². The van der Waals surface area contributed by atoms with Crippen LogP contribution in [0.2, 0.25) is 0 Å². The van der Waals surface area contributed by atoms with Crippen LogP contribution < -0.4 is 19.9 Å². The van der Waals surface area contributed by atoms with E-state index < -0.39 is 0 Å². The van der Waals surface area contributed by atoms with Crippen LogP contribution in [0.1, 0.15) is 24.3 Å². The first-order chi connectivity index (χ1) is 17.0. The van der Waals surface area contributed by atoms with Crippen molar-refractivity contribution < 1.29 is 19.0 Å². The van der Waals surface area contributed by atoms with Crippen molar-refractivity contribution in [2.45, 2.75) is 19.9 Å². The van der Waals surface area contributed by atoms with Gasteiger partial charge in [-0.05, 0) is 32.0 Å². The molecule has 1 aromatic heterocycles. The molecule has 0 radical (unpaired) electrons. The molecule has 10 heteroatoms. The maximum atomic E-state index is 13.2. The molecule has 1 N–H and O–H groups in total. The lowest BCUT2D eigenvalue weighted by atomic mass is 10.2. The summed E-state index contributed by atoms with van der Waals surface area (Å²) in [5.74, 6) is 0.577. The van der Waals surface area contributed by atoms with Crippen molar-refractivity contribution >= 4 is 23.2 Å². The molecular weight excluding hydrogens is 448 g/mol. The summed E-state index contributed by atoms with van der Waals surface area (Å²) in [4.78, 5) is 28.8. The molecule has 0 atom stereocenters. The lowest BCUT2D eigenvalue weighted by Crippen LogP contribution is -2.39. The van der Waals surface area contributed by atoms with Gasteiger partial charge >= 0.3 is 0 Å². The van der Waals surface area contributed by atoms with Gasteiger partial charge < -0.3 is 29.3 Å². The average Bonchev–Trinajstić information content (AvgIpc) is 2.89. The van der Waals surface area contributed by atoms with Crippen LogP contribution in [0.5, 0.6) is 5.88 Å². The molecule has 2 fully saturated rings. The van der Waals surface area contributed by atoms with Crippen molar-refractivity contribution in [1.29, 1.82) is 0 Å². The Balaban J connectivity index is 1.49. The van der Waals surface area contributed by atoms with Gasteiger partial charge in [0.1, 0.15) is 12.3 Å². The summed E-state index contributed by atoms with van der Waals surface area (Å²) in [5, 5.41) is 2.98. The van der Waals surface area contributed by atoms with Gasteiger partial charge in [0, 0.05) is 63.3 Å². The number of rotatable bonds is 9. The van der Waals surface area contributed by atoms with Gasteiger partial charge in [-0.25, -0.2) is 4.98 Å². The number of carbonyl (C=O) groups is 1. The summed E-state index contributed by atoms with van der Waals surface area (Å²) in [6.45, 7) is 11.3. The van der Waals surface area contributed by atoms with Crippen molar-refractivity contribution in [3.63, 3.8) is 0 Å². The molecule has 4 rings (SSSR count). The highest BCUT2D eigenvalue weighted by atomic mass is 16.5. The number of morpholine rings is 2. The lowest BCUT2D eigenvalue weighted by molar-refractivity contribution is 0.0320. The molecule has 190 valence electrons. The zero-order valence-electron chi connectivity index (χ0n) is 20.9. The molecule has 2 aromatic rings. The minimum absolute atomic E-state index is 0.269. The van der Waals surface area contributed by atoms with E-state index in [1.54, 1.807) is 6.07 Å². The molecule has 2 aliphatic rings. The van der Waals surface area contributed by atoms with Gasteiger partial charge in [-0.3, -0.25) is 9.69 Å². The maximum absolute atomic E-state index is 13.2. The summed E-state index contributed by atoms with van der Waals surface area (Å²) in [7, 11) is 2.03. The number of amides is 1. The number of nitrogens with one attached hydrogen (secondary N) is 1. The Morgan fingerprint density at radius 3 is 2.51 bits per heavy atom. The van der Waals surface area contributed by atoms with E-state index in [2.05, 4.69) is 38.9 Å². The standard InChI is InChI=1S/C25H36N6O4/c1-19(2)29(3)21-6-4-5-20(17-21)26-24(32)22-18-23(35-16-9-30-7-12-33-13-8-30)28-25(27-22)31-10-14-34-15-11-31/h4-6,17-19H,7-16H2,1-3H3,(H,26,32). The van der Waals surface area contributed by atoms with Crippen LogP contribution in [0.25, 0.3) is 0 Å². The molecule has 1 aromatic carbocycles. The van der Waals surface area contributed by atoms with Gasteiger partial charge in [0.2, 0.25) is 11.8 Å². The number of aromatic nitrogens is 2. The molecular formula is C25H36N6O4. The van der Waals surface area contributed by atoms with E-state index in [9.17, 15) is 4.79 Å². The van der Waals surface area contributed by atoms with Crippen molar-refractivity contribution in [3.8, 4) is 5.88 Å². The van der Waals surface area contributed by atoms with Crippen LogP contribution >= 0.6 is 0 Å². The predicted octanol–water partition coefficient (Wildman–Crippen LogP) is 2.12. The second-order valence-electron chi connectivity index (χ2n) is 9.00. The molecule has 2 aliphatic heterocycles. The first-order valence-corrected chi connectivity index (χ1v) is 12.3. The average molecular weight is 485 g/mol. The second-order valence-corrected chi connectivity index (χ2v) is 9.00. The van der Waals surface area contributed by atoms with E-state index in [0.717, 1.165) is 38.5 Å². The van der Waals surface area contributed by atoms with Crippen molar-refractivity contribution in [1.82, 2.24) is 14.9 Å². The minimum atomic E-state index is -0.302. The molecule has 0 bridgehead atoms. The fourth-order valence-corrected chi connectivity index (χ4v) is 3.91. The number of hydrogen-bond acceptors (Lipinski definition) is 9. The van der Waals surface area contributed by atoms with Crippen LogP contribution in [-0.4, -0.2) is 99.6 Å². The zero-order chi connectivity index (χ0) is 24.6. The van der Waals surface area contributed by atoms with E-state index >= 15 is 0 Å². The summed E-state index contributed by atoms with van der Waals surface area (Å²) in [6.07, 6.45) is 0. The van der Waals surface area contributed by atoms with E-state index in [-0.39, 0.29) is 11.6 Å². The molecule has 1 amide bonds. The third-order valence-corrected chi connectivity index (χ3v) is 6.26. The first kappa shape index (κ1) is 25.2. The van der Waals surface area contributed by atoms with Gasteiger partial charge in [-0.1, -0.05) is 6.07 Å². The van der Waals surface area contributed by atoms with Gasteiger partial charge in [0.05, 0.1) is 26.4 Å². The van der Waals surface area contributed by atoms with Crippen LogP contribution in [0.3, 0.4) is 0 Å². The summed E-state index contributed by atoms with van der Waals surface area (Å²) >= 11 is 0. The Morgan fingerprint density at radius 2 is 1.80 bits per heavy atom. The molecule has 35 heavy (non-hydrogen) atoms. The summed E-state index contributed by atoms with van der Waals surface area (Å²) < 4.78 is 16.8. The van der Waals surface area contributed by atoms with Gasteiger partial charge in [-0.15, -0.1) is 0 Å². The third-order valence-electron chi connectivity index (χ3n) is 6.26. The van der Waals surface area contributed by atoms with E-state index in [1.165, 1.54) is 0 Å². The van der Waals surface area contributed by atoms with Crippen LogP contribution in [-0.2, 0) is 9.47 Å². The second kappa shape index (κ2) is 12.1. The van der Waals surface area contributed by atoms with Gasteiger partial charge in [0.15, 0.2) is 0 Å².